The van der Waals surface area contributed by atoms with Crippen molar-refractivity contribution in [2.75, 3.05) is 43.1 Å². The molecule has 2 aromatic rings. The number of nitrogens with zero attached hydrogens (tertiary/aromatic N) is 1. The van der Waals surface area contributed by atoms with Crippen LogP contribution in [-0.2, 0) is 16.0 Å². The maximum Gasteiger partial charge on any atom is 0.253 e. The van der Waals surface area contributed by atoms with Gasteiger partial charge in [-0.1, -0.05) is 75.8 Å². The molecule has 1 aliphatic rings. The van der Waals surface area contributed by atoms with E-state index >= 15 is 0 Å². The molecule has 1 aliphatic heterocycles. The Hall–Kier alpha value is -2.86. The van der Waals surface area contributed by atoms with E-state index in [2.05, 4.69) is 52.8 Å². The van der Waals surface area contributed by atoms with Crippen LogP contribution in [0.15, 0.2) is 48.5 Å². The molecule has 2 aromatic carbocycles. The first-order chi connectivity index (χ1) is 19.6. The molecule has 0 aliphatic carbocycles. The van der Waals surface area contributed by atoms with Crippen LogP contribution in [0, 0.1) is 5.92 Å². The molecule has 0 aromatic heterocycles. The van der Waals surface area contributed by atoms with Crippen molar-refractivity contribution in [1.29, 1.82) is 0 Å². The van der Waals surface area contributed by atoms with E-state index in [-0.39, 0.29) is 11.8 Å². The van der Waals surface area contributed by atoms with Crippen molar-refractivity contribution in [3.63, 3.8) is 0 Å². The van der Waals surface area contributed by atoms with E-state index in [1.807, 2.05) is 25.1 Å². The van der Waals surface area contributed by atoms with Gasteiger partial charge in [0.25, 0.3) is 5.91 Å². The number of carbonyl (C=O) groups is 2. The van der Waals surface area contributed by atoms with E-state index in [1.165, 1.54) is 37.7 Å². The molecule has 220 valence electrons. The van der Waals surface area contributed by atoms with Gasteiger partial charge in [-0.25, -0.2) is 0 Å². The van der Waals surface area contributed by atoms with Gasteiger partial charge in [-0.2, -0.15) is 0 Å². The number of hydrogen-bond acceptors (Lipinski definition) is 4. The smallest absolute Gasteiger partial charge is 0.253 e. The maximum atomic E-state index is 13.3. The molecule has 2 N–H and O–H groups in total. The number of anilines is 2. The Kier molecular flexibility index (Phi) is 14.6. The van der Waals surface area contributed by atoms with Gasteiger partial charge in [-0.05, 0) is 68.7 Å². The first-order valence-corrected chi connectivity index (χ1v) is 15.7. The number of rotatable bonds is 18. The summed E-state index contributed by atoms with van der Waals surface area (Å²) in [6, 6.07) is 16.5. The van der Waals surface area contributed by atoms with Gasteiger partial charge in [0, 0.05) is 50.6 Å². The maximum absolute atomic E-state index is 13.3. The predicted octanol–water partition coefficient (Wildman–Crippen LogP) is 7.38. The molecule has 0 spiro atoms. The summed E-state index contributed by atoms with van der Waals surface area (Å²) in [4.78, 5) is 28.3. The lowest BCUT2D eigenvalue weighted by Gasteiger charge is -2.35. The second-order valence-electron chi connectivity index (χ2n) is 11.1. The second kappa shape index (κ2) is 18.5. The lowest BCUT2D eigenvalue weighted by Crippen LogP contribution is -2.36. The minimum Gasteiger partial charge on any atom is -0.382 e. The molecule has 0 radical (unpaired) electrons. The highest BCUT2D eigenvalue weighted by atomic mass is 16.5. The fraction of sp³-hybridized carbons (Fsp3) is 0.588. The molecule has 1 heterocycles. The topological polar surface area (TPSA) is 70.7 Å². The number of unbranched alkanes of at least 4 members (excludes halogenated alkanes) is 6. The minimum atomic E-state index is -0.0962. The molecule has 0 bridgehead atoms. The number of amides is 2. The van der Waals surface area contributed by atoms with Crippen molar-refractivity contribution >= 4 is 23.2 Å². The number of carbonyl (C=O) groups excluding carboxylic acids is 2. The molecule has 0 atom stereocenters. The summed E-state index contributed by atoms with van der Waals surface area (Å²) in [5, 5.41) is 6.10. The van der Waals surface area contributed by atoms with Crippen LogP contribution in [0.5, 0.6) is 0 Å². The number of hydrogen-bond donors (Lipinski definition) is 2. The summed E-state index contributed by atoms with van der Waals surface area (Å²) < 4.78 is 5.41. The lowest BCUT2D eigenvalue weighted by atomic mass is 9.89. The van der Waals surface area contributed by atoms with Crippen molar-refractivity contribution in [1.82, 2.24) is 5.32 Å². The largest absolute Gasteiger partial charge is 0.382 e. The predicted molar refractivity (Wildman–Crippen MR) is 166 cm³/mol. The highest BCUT2D eigenvalue weighted by Crippen LogP contribution is 2.30. The Labute approximate surface area is 242 Å². The SMILES string of the molecule is CCCCCCCCCC(=O)Nc1ccc(N2CCC(Cc3ccccc3)CC2)c(C(=O)NCCCOCC)c1. The first-order valence-electron chi connectivity index (χ1n) is 15.7. The third kappa shape index (κ3) is 11.3. The molecule has 1 fully saturated rings. The Morgan fingerprint density at radius 3 is 2.35 bits per heavy atom. The van der Waals surface area contributed by atoms with E-state index in [4.69, 9.17) is 4.74 Å². The number of piperidine rings is 1. The van der Waals surface area contributed by atoms with E-state index < -0.39 is 0 Å². The molecule has 6 nitrogen and oxygen atoms in total. The van der Waals surface area contributed by atoms with Crippen molar-refractivity contribution < 1.29 is 14.3 Å². The second-order valence-corrected chi connectivity index (χ2v) is 11.1. The molecule has 2 amide bonds. The number of nitrogens with one attached hydrogen (secondary N) is 2. The Balaban J connectivity index is 1.58. The average Bonchev–Trinajstić information content (AvgIpc) is 2.97. The normalized spacial score (nSPS) is 13.8. The monoisotopic (exact) mass is 549 g/mol. The standard InChI is InChI=1S/C34H51N3O3/c1-3-5-6-7-8-9-13-17-33(38)36-30-18-19-32(31(27-30)34(39)35-22-14-25-40-4-2)37-23-20-29(21-24-37)26-28-15-11-10-12-16-28/h10-12,15-16,18-19,27,29H,3-9,13-14,17,20-26H2,1-2H3,(H,35,39)(H,36,38). The summed E-state index contributed by atoms with van der Waals surface area (Å²) in [5.41, 5.74) is 3.66. The van der Waals surface area contributed by atoms with Gasteiger partial charge < -0.3 is 20.3 Å². The van der Waals surface area contributed by atoms with Crippen molar-refractivity contribution in [2.45, 2.75) is 90.9 Å². The van der Waals surface area contributed by atoms with Crippen LogP contribution in [0.2, 0.25) is 0 Å². The fourth-order valence-corrected chi connectivity index (χ4v) is 5.48. The van der Waals surface area contributed by atoms with Crippen LogP contribution in [0.3, 0.4) is 0 Å². The Morgan fingerprint density at radius 2 is 1.62 bits per heavy atom. The fourth-order valence-electron chi connectivity index (χ4n) is 5.48. The number of benzene rings is 2. The van der Waals surface area contributed by atoms with Crippen LogP contribution in [0.25, 0.3) is 0 Å². The molecule has 0 unspecified atom stereocenters. The zero-order valence-corrected chi connectivity index (χ0v) is 24.9. The van der Waals surface area contributed by atoms with Crippen LogP contribution in [-0.4, -0.2) is 44.7 Å². The van der Waals surface area contributed by atoms with Crippen LogP contribution >= 0.6 is 0 Å². The van der Waals surface area contributed by atoms with Crippen LogP contribution in [0.4, 0.5) is 11.4 Å². The molecule has 3 rings (SSSR count). The highest BCUT2D eigenvalue weighted by molar-refractivity contribution is 6.02. The summed E-state index contributed by atoms with van der Waals surface area (Å²) >= 11 is 0. The molecule has 1 saturated heterocycles. The Bertz CT molecular complexity index is 1000. The van der Waals surface area contributed by atoms with Gasteiger partial charge in [0.1, 0.15) is 0 Å². The van der Waals surface area contributed by atoms with Gasteiger partial charge in [-0.3, -0.25) is 9.59 Å². The molecule has 6 heteroatoms. The van der Waals surface area contributed by atoms with Gasteiger partial charge in [-0.15, -0.1) is 0 Å². The van der Waals surface area contributed by atoms with Crippen molar-refractivity contribution in [3.8, 4) is 0 Å². The number of ether oxygens (including phenoxy) is 1. The summed E-state index contributed by atoms with van der Waals surface area (Å²) in [7, 11) is 0. The van der Waals surface area contributed by atoms with Gasteiger partial charge in [0.2, 0.25) is 5.91 Å². The summed E-state index contributed by atoms with van der Waals surface area (Å²) in [6.07, 6.45) is 12.9. The third-order valence-corrected chi connectivity index (χ3v) is 7.81. The zero-order valence-electron chi connectivity index (χ0n) is 24.9. The molecular weight excluding hydrogens is 498 g/mol. The minimum absolute atomic E-state index is 0.0195. The third-order valence-electron chi connectivity index (χ3n) is 7.81. The van der Waals surface area contributed by atoms with Gasteiger partial charge >= 0.3 is 0 Å². The van der Waals surface area contributed by atoms with Crippen molar-refractivity contribution in [2.24, 2.45) is 5.92 Å². The van der Waals surface area contributed by atoms with E-state index in [1.54, 1.807) is 0 Å². The average molecular weight is 550 g/mol. The van der Waals surface area contributed by atoms with E-state index in [9.17, 15) is 9.59 Å². The highest BCUT2D eigenvalue weighted by Gasteiger charge is 2.24. The molecule has 40 heavy (non-hydrogen) atoms. The molecule has 0 saturated carbocycles. The van der Waals surface area contributed by atoms with E-state index in [0.29, 0.717) is 43.3 Å². The first kappa shape index (κ1) is 31.7. The summed E-state index contributed by atoms with van der Waals surface area (Å²) in [6.45, 7) is 7.92. The van der Waals surface area contributed by atoms with Gasteiger partial charge in [0.05, 0.1) is 5.56 Å². The summed E-state index contributed by atoms with van der Waals surface area (Å²) in [5.74, 6) is 0.576. The Morgan fingerprint density at radius 1 is 0.900 bits per heavy atom. The van der Waals surface area contributed by atoms with Crippen molar-refractivity contribution in [3.05, 3.63) is 59.7 Å². The molecular formula is C34H51N3O3. The van der Waals surface area contributed by atoms with E-state index in [0.717, 1.165) is 57.3 Å². The zero-order chi connectivity index (χ0) is 28.4. The lowest BCUT2D eigenvalue weighted by molar-refractivity contribution is -0.116. The van der Waals surface area contributed by atoms with Crippen LogP contribution < -0.4 is 15.5 Å². The van der Waals surface area contributed by atoms with Crippen LogP contribution in [0.1, 0.15) is 100 Å². The van der Waals surface area contributed by atoms with Gasteiger partial charge in [0.15, 0.2) is 0 Å². The quantitative estimate of drug-likeness (QED) is 0.190.